The van der Waals surface area contributed by atoms with Gasteiger partial charge in [-0.2, -0.15) is 13.2 Å². The normalized spacial score (nSPS) is 19.0. The minimum absolute atomic E-state index is 0.199. The highest BCUT2D eigenvalue weighted by molar-refractivity contribution is 5.92. The van der Waals surface area contributed by atoms with Crippen molar-refractivity contribution in [2.24, 2.45) is 0 Å². The lowest BCUT2D eigenvalue weighted by Crippen LogP contribution is -2.38. The Labute approximate surface area is 160 Å². The first-order valence-corrected chi connectivity index (χ1v) is 9.41. The zero-order valence-corrected chi connectivity index (χ0v) is 15.2. The standard InChI is InChI=1S/C19H21F3N4O2/c20-19(21,22)14-3-5-15(6-4-14)23-16(27)11-26-9-7-13(8-10-26)18-25-24-17(28-18)12-1-2-12/h3-6,12-13H,1-2,7-11H2,(H,23,27). The molecule has 28 heavy (non-hydrogen) atoms. The molecule has 9 heteroatoms. The summed E-state index contributed by atoms with van der Waals surface area (Å²) >= 11 is 0. The Morgan fingerprint density at radius 2 is 1.61 bits per heavy atom. The number of nitrogens with zero attached hydrogens (tertiary/aromatic N) is 3. The van der Waals surface area contributed by atoms with Crippen molar-refractivity contribution in [3.8, 4) is 0 Å². The predicted molar refractivity (Wildman–Crippen MR) is 94.8 cm³/mol. The molecule has 6 nitrogen and oxygen atoms in total. The maximum Gasteiger partial charge on any atom is 0.416 e. The van der Waals surface area contributed by atoms with Crippen LogP contribution in [0.3, 0.4) is 0 Å². The largest absolute Gasteiger partial charge is 0.425 e. The smallest absolute Gasteiger partial charge is 0.416 e. The molecule has 2 aromatic rings. The average Bonchev–Trinajstić information content (AvgIpc) is 3.39. The Balaban J connectivity index is 1.24. The molecular weight excluding hydrogens is 373 g/mol. The Bertz CT molecular complexity index is 822. The number of hydrogen-bond acceptors (Lipinski definition) is 5. The summed E-state index contributed by atoms with van der Waals surface area (Å²) in [7, 11) is 0. The molecule has 2 fully saturated rings. The number of alkyl halides is 3. The topological polar surface area (TPSA) is 71.3 Å². The second-order valence-electron chi connectivity index (χ2n) is 7.43. The number of benzene rings is 1. The van der Waals surface area contributed by atoms with Crippen LogP contribution < -0.4 is 5.32 Å². The summed E-state index contributed by atoms with van der Waals surface area (Å²) in [6.07, 6.45) is -0.480. The fourth-order valence-corrected chi connectivity index (χ4v) is 3.39. The van der Waals surface area contributed by atoms with E-state index in [9.17, 15) is 18.0 Å². The van der Waals surface area contributed by atoms with Crippen LogP contribution in [0.15, 0.2) is 28.7 Å². The van der Waals surface area contributed by atoms with Gasteiger partial charge < -0.3 is 9.73 Å². The summed E-state index contributed by atoms with van der Waals surface area (Å²) in [6.45, 7) is 1.66. The lowest BCUT2D eigenvalue weighted by atomic mass is 9.97. The first kappa shape index (κ1) is 18.9. The molecular formula is C19H21F3N4O2. The number of likely N-dealkylation sites (tertiary alicyclic amines) is 1. The van der Waals surface area contributed by atoms with Gasteiger partial charge in [0.25, 0.3) is 0 Å². The summed E-state index contributed by atoms with van der Waals surface area (Å²) in [5.74, 6) is 1.85. The molecule has 150 valence electrons. The summed E-state index contributed by atoms with van der Waals surface area (Å²) in [5, 5.41) is 10.9. The summed E-state index contributed by atoms with van der Waals surface area (Å²) in [6, 6.07) is 4.45. The Hall–Kier alpha value is -2.42. The van der Waals surface area contributed by atoms with Crippen molar-refractivity contribution in [1.82, 2.24) is 15.1 Å². The summed E-state index contributed by atoms with van der Waals surface area (Å²) in [5.41, 5.74) is -0.384. The molecule has 2 heterocycles. The molecule has 0 atom stereocenters. The number of carbonyl (C=O) groups excluding carboxylic acids is 1. The van der Waals surface area contributed by atoms with Crippen molar-refractivity contribution in [1.29, 1.82) is 0 Å². The molecule has 1 saturated carbocycles. The Morgan fingerprint density at radius 3 is 2.14 bits per heavy atom. The SMILES string of the molecule is O=C(CN1CCC(c2nnc(C3CC3)o2)CC1)Nc1ccc(C(F)(F)F)cc1. The highest BCUT2D eigenvalue weighted by atomic mass is 19.4. The van der Waals surface area contributed by atoms with Gasteiger partial charge in [-0.15, -0.1) is 10.2 Å². The Morgan fingerprint density at radius 1 is 1.04 bits per heavy atom. The maximum absolute atomic E-state index is 12.6. The van der Waals surface area contributed by atoms with Crippen LogP contribution in [0.25, 0.3) is 0 Å². The van der Waals surface area contributed by atoms with Crippen LogP contribution in [0.1, 0.15) is 54.9 Å². The average molecular weight is 394 g/mol. The van der Waals surface area contributed by atoms with Gasteiger partial charge in [-0.05, 0) is 63.0 Å². The van der Waals surface area contributed by atoms with Crippen LogP contribution in [-0.2, 0) is 11.0 Å². The van der Waals surface area contributed by atoms with Crippen molar-refractivity contribution in [2.45, 2.75) is 43.7 Å². The van der Waals surface area contributed by atoms with Crippen molar-refractivity contribution >= 4 is 11.6 Å². The van der Waals surface area contributed by atoms with Crippen LogP contribution >= 0.6 is 0 Å². The van der Waals surface area contributed by atoms with E-state index in [1.54, 1.807) is 0 Å². The molecule has 4 rings (SSSR count). The molecule has 2 aliphatic rings. The number of hydrogen-bond donors (Lipinski definition) is 1. The van der Waals surface area contributed by atoms with E-state index in [1.807, 2.05) is 4.90 Å². The molecule has 1 N–H and O–H groups in total. The fraction of sp³-hybridized carbons (Fsp3) is 0.526. The van der Waals surface area contributed by atoms with Gasteiger partial charge in [-0.25, -0.2) is 0 Å². The van der Waals surface area contributed by atoms with Gasteiger partial charge >= 0.3 is 6.18 Å². The van der Waals surface area contributed by atoms with E-state index in [2.05, 4.69) is 15.5 Å². The number of halogens is 3. The van der Waals surface area contributed by atoms with Crippen molar-refractivity contribution < 1.29 is 22.4 Å². The van der Waals surface area contributed by atoms with Gasteiger partial charge in [0.1, 0.15) is 0 Å². The number of aromatic nitrogens is 2. The third-order valence-corrected chi connectivity index (χ3v) is 5.18. The Kier molecular flexibility index (Phi) is 5.09. The fourth-order valence-electron chi connectivity index (χ4n) is 3.39. The predicted octanol–water partition coefficient (Wildman–Crippen LogP) is 3.78. The minimum Gasteiger partial charge on any atom is -0.425 e. The van der Waals surface area contributed by atoms with E-state index in [-0.39, 0.29) is 18.4 Å². The minimum atomic E-state index is -4.38. The zero-order chi connectivity index (χ0) is 19.7. The first-order valence-electron chi connectivity index (χ1n) is 9.41. The van der Waals surface area contributed by atoms with Crippen molar-refractivity contribution in [3.63, 3.8) is 0 Å². The summed E-state index contributed by atoms with van der Waals surface area (Å²) < 4.78 is 43.5. The van der Waals surface area contributed by atoms with Crippen LogP contribution in [0.4, 0.5) is 18.9 Å². The number of piperidine rings is 1. The van der Waals surface area contributed by atoms with Crippen molar-refractivity contribution in [2.75, 3.05) is 25.0 Å². The van der Waals surface area contributed by atoms with Gasteiger partial charge in [0.2, 0.25) is 17.7 Å². The zero-order valence-electron chi connectivity index (χ0n) is 15.2. The van der Waals surface area contributed by atoms with Gasteiger partial charge in [-0.3, -0.25) is 9.69 Å². The van der Waals surface area contributed by atoms with Crippen molar-refractivity contribution in [3.05, 3.63) is 41.6 Å². The number of rotatable bonds is 5. The second-order valence-corrected chi connectivity index (χ2v) is 7.43. The van der Waals surface area contributed by atoms with E-state index >= 15 is 0 Å². The molecule has 1 aromatic carbocycles. The van der Waals surface area contributed by atoms with Gasteiger partial charge in [0.05, 0.1) is 12.1 Å². The molecule has 0 bridgehead atoms. The molecule has 0 spiro atoms. The number of amides is 1. The van der Waals surface area contributed by atoms with Crippen LogP contribution in [0.5, 0.6) is 0 Å². The first-order chi connectivity index (χ1) is 13.4. The van der Waals surface area contributed by atoms with E-state index in [0.717, 1.165) is 56.8 Å². The lowest BCUT2D eigenvalue weighted by Gasteiger charge is -2.29. The van der Waals surface area contributed by atoms with E-state index in [1.165, 1.54) is 12.1 Å². The molecule has 0 unspecified atom stereocenters. The van der Waals surface area contributed by atoms with Crippen LogP contribution in [0.2, 0.25) is 0 Å². The molecule has 1 amide bonds. The molecule has 1 aliphatic heterocycles. The molecule has 1 saturated heterocycles. The van der Waals surface area contributed by atoms with Gasteiger partial charge in [0, 0.05) is 17.5 Å². The molecule has 0 radical (unpaired) electrons. The maximum atomic E-state index is 12.6. The number of carbonyl (C=O) groups is 1. The second kappa shape index (κ2) is 7.54. The van der Waals surface area contributed by atoms with Crippen LogP contribution in [-0.4, -0.2) is 40.6 Å². The van der Waals surface area contributed by atoms with E-state index in [4.69, 9.17) is 4.42 Å². The van der Waals surface area contributed by atoms with Gasteiger partial charge in [0.15, 0.2) is 0 Å². The third-order valence-electron chi connectivity index (χ3n) is 5.18. The highest BCUT2D eigenvalue weighted by Crippen LogP contribution is 2.40. The molecule has 1 aromatic heterocycles. The molecule has 1 aliphatic carbocycles. The quantitative estimate of drug-likeness (QED) is 0.836. The van der Waals surface area contributed by atoms with E-state index < -0.39 is 11.7 Å². The third kappa shape index (κ3) is 4.52. The lowest BCUT2D eigenvalue weighted by molar-refractivity contribution is -0.137. The monoisotopic (exact) mass is 394 g/mol. The number of nitrogens with one attached hydrogen (secondary N) is 1. The van der Waals surface area contributed by atoms with Crippen LogP contribution in [0, 0.1) is 0 Å². The van der Waals surface area contributed by atoms with E-state index in [0.29, 0.717) is 17.5 Å². The number of anilines is 1. The highest BCUT2D eigenvalue weighted by Gasteiger charge is 2.32. The summed E-state index contributed by atoms with van der Waals surface area (Å²) in [4.78, 5) is 14.2. The van der Waals surface area contributed by atoms with Gasteiger partial charge in [-0.1, -0.05) is 0 Å².